The number of benzene rings is 2. The molecule has 0 spiro atoms. The minimum absolute atomic E-state index is 0.209. The molecule has 5 nitrogen and oxygen atoms in total. The molecule has 1 amide bonds. The first-order valence-corrected chi connectivity index (χ1v) is 8.21. The molecule has 150 valence electrons. The number of hydrogen-bond acceptors (Lipinski definition) is 4. The smallest absolute Gasteiger partial charge is 0.416 e. The zero-order chi connectivity index (χ0) is 20.7. The van der Waals surface area contributed by atoms with Gasteiger partial charge in [-0.1, -0.05) is 6.07 Å². The maximum absolute atomic E-state index is 13.1. The number of carbonyl (C=O) groups excluding carboxylic acids is 2. The van der Waals surface area contributed by atoms with Crippen LogP contribution in [0, 0.1) is 5.82 Å². The zero-order valence-electron chi connectivity index (χ0n) is 14.8. The van der Waals surface area contributed by atoms with Gasteiger partial charge in [-0.2, -0.15) is 13.2 Å². The molecule has 0 bridgehead atoms. The van der Waals surface area contributed by atoms with Gasteiger partial charge in [0.15, 0.2) is 18.1 Å². The predicted molar refractivity (Wildman–Crippen MR) is 91.7 cm³/mol. The van der Waals surface area contributed by atoms with Gasteiger partial charge in [0.05, 0.1) is 12.2 Å². The molecule has 0 aliphatic heterocycles. The van der Waals surface area contributed by atoms with Gasteiger partial charge in [0, 0.05) is 12.1 Å². The Bertz CT molecular complexity index is 852. The number of rotatable bonds is 8. The molecular formula is C19H17F4NO4. The second-order valence-corrected chi connectivity index (χ2v) is 5.62. The van der Waals surface area contributed by atoms with Crippen molar-refractivity contribution in [3.63, 3.8) is 0 Å². The van der Waals surface area contributed by atoms with Crippen LogP contribution in [-0.4, -0.2) is 25.4 Å². The first-order valence-electron chi connectivity index (χ1n) is 8.21. The van der Waals surface area contributed by atoms with Crippen molar-refractivity contribution >= 4 is 12.2 Å². The van der Waals surface area contributed by atoms with Gasteiger partial charge in [-0.05, 0) is 42.8 Å². The first-order chi connectivity index (χ1) is 13.2. The van der Waals surface area contributed by atoms with Crippen molar-refractivity contribution in [2.24, 2.45) is 0 Å². The largest absolute Gasteiger partial charge is 0.490 e. The van der Waals surface area contributed by atoms with E-state index in [0.29, 0.717) is 24.5 Å². The maximum atomic E-state index is 13.1. The number of ether oxygens (including phenoxy) is 2. The molecule has 0 unspecified atom stereocenters. The second-order valence-electron chi connectivity index (χ2n) is 5.62. The SMILES string of the molecule is CCOc1cc(C=O)ccc1OCC(=O)NCc1ccc(F)cc1C(F)(F)F. The van der Waals surface area contributed by atoms with Gasteiger partial charge in [-0.3, -0.25) is 9.59 Å². The summed E-state index contributed by atoms with van der Waals surface area (Å²) >= 11 is 0. The molecule has 0 fully saturated rings. The van der Waals surface area contributed by atoms with E-state index in [9.17, 15) is 27.2 Å². The van der Waals surface area contributed by atoms with Gasteiger partial charge >= 0.3 is 6.18 Å². The summed E-state index contributed by atoms with van der Waals surface area (Å²) in [7, 11) is 0. The number of nitrogens with one attached hydrogen (secondary N) is 1. The highest BCUT2D eigenvalue weighted by molar-refractivity contribution is 5.78. The van der Waals surface area contributed by atoms with Gasteiger partial charge in [0.2, 0.25) is 0 Å². The van der Waals surface area contributed by atoms with Crippen molar-refractivity contribution in [3.05, 3.63) is 58.9 Å². The van der Waals surface area contributed by atoms with E-state index in [1.807, 2.05) is 0 Å². The summed E-state index contributed by atoms with van der Waals surface area (Å²) in [5.41, 5.74) is -1.07. The number of hydrogen-bond donors (Lipinski definition) is 1. The Hall–Kier alpha value is -3.10. The van der Waals surface area contributed by atoms with Crippen LogP contribution < -0.4 is 14.8 Å². The molecule has 2 aromatic rings. The second kappa shape index (κ2) is 9.20. The highest BCUT2D eigenvalue weighted by atomic mass is 19.4. The van der Waals surface area contributed by atoms with Gasteiger partial charge in [0.25, 0.3) is 5.91 Å². The maximum Gasteiger partial charge on any atom is 0.416 e. The van der Waals surface area contributed by atoms with E-state index in [2.05, 4.69) is 5.32 Å². The fraction of sp³-hybridized carbons (Fsp3) is 0.263. The fourth-order valence-corrected chi connectivity index (χ4v) is 2.34. The lowest BCUT2D eigenvalue weighted by Crippen LogP contribution is -2.29. The summed E-state index contributed by atoms with van der Waals surface area (Å²) in [4.78, 5) is 22.7. The van der Waals surface area contributed by atoms with Crippen molar-refractivity contribution < 1.29 is 36.6 Å². The van der Waals surface area contributed by atoms with Gasteiger partial charge in [-0.15, -0.1) is 0 Å². The van der Waals surface area contributed by atoms with Crippen molar-refractivity contribution in [2.45, 2.75) is 19.6 Å². The van der Waals surface area contributed by atoms with Crippen LogP contribution in [0.15, 0.2) is 36.4 Å². The van der Waals surface area contributed by atoms with Crippen molar-refractivity contribution in [1.29, 1.82) is 0 Å². The summed E-state index contributed by atoms with van der Waals surface area (Å²) in [6.07, 6.45) is -4.12. The Balaban J connectivity index is 2.00. The molecule has 28 heavy (non-hydrogen) atoms. The average molecular weight is 399 g/mol. The molecule has 0 aromatic heterocycles. The first kappa shape index (κ1) is 21.2. The molecule has 0 heterocycles. The van der Waals surface area contributed by atoms with E-state index < -0.39 is 36.6 Å². The van der Waals surface area contributed by atoms with Gasteiger partial charge in [-0.25, -0.2) is 4.39 Å². The van der Waals surface area contributed by atoms with E-state index in [-0.39, 0.29) is 17.1 Å². The van der Waals surface area contributed by atoms with Crippen LogP contribution in [0.25, 0.3) is 0 Å². The van der Waals surface area contributed by atoms with Gasteiger partial charge < -0.3 is 14.8 Å². The highest BCUT2D eigenvalue weighted by Crippen LogP contribution is 2.32. The summed E-state index contributed by atoms with van der Waals surface area (Å²) in [5, 5.41) is 2.29. The number of alkyl halides is 3. The molecule has 0 aliphatic rings. The minimum atomic E-state index is -4.74. The Morgan fingerprint density at radius 3 is 2.50 bits per heavy atom. The van der Waals surface area contributed by atoms with Crippen molar-refractivity contribution in [1.82, 2.24) is 5.32 Å². The van der Waals surface area contributed by atoms with Crippen LogP contribution in [0.2, 0.25) is 0 Å². The number of carbonyl (C=O) groups is 2. The molecule has 9 heteroatoms. The molecule has 0 saturated heterocycles. The highest BCUT2D eigenvalue weighted by Gasteiger charge is 2.33. The third-order valence-electron chi connectivity index (χ3n) is 3.62. The van der Waals surface area contributed by atoms with Gasteiger partial charge in [0.1, 0.15) is 12.1 Å². The van der Waals surface area contributed by atoms with Crippen LogP contribution in [0.4, 0.5) is 17.6 Å². The molecule has 0 atom stereocenters. The van der Waals surface area contributed by atoms with Crippen LogP contribution in [0.3, 0.4) is 0 Å². The lowest BCUT2D eigenvalue weighted by molar-refractivity contribution is -0.138. The van der Waals surface area contributed by atoms with E-state index in [0.717, 1.165) is 12.1 Å². The number of amides is 1. The fourth-order valence-electron chi connectivity index (χ4n) is 2.34. The standard InChI is InChI=1S/C19H17F4NO4/c1-2-27-17-7-12(10-25)3-6-16(17)28-11-18(26)24-9-13-4-5-14(20)8-15(13)19(21,22)23/h3-8,10H,2,9,11H2,1H3,(H,24,26). The zero-order valence-corrected chi connectivity index (χ0v) is 14.8. The Morgan fingerprint density at radius 1 is 1.11 bits per heavy atom. The van der Waals surface area contributed by atoms with E-state index in [1.165, 1.54) is 18.2 Å². The number of halogens is 4. The van der Waals surface area contributed by atoms with Crippen molar-refractivity contribution in [3.8, 4) is 11.5 Å². The molecular weight excluding hydrogens is 382 g/mol. The minimum Gasteiger partial charge on any atom is -0.490 e. The molecule has 0 saturated carbocycles. The number of aldehydes is 1. The normalized spacial score (nSPS) is 11.0. The monoisotopic (exact) mass is 399 g/mol. The molecule has 2 rings (SSSR count). The lowest BCUT2D eigenvalue weighted by Gasteiger charge is -2.14. The Morgan fingerprint density at radius 2 is 1.86 bits per heavy atom. The third-order valence-corrected chi connectivity index (χ3v) is 3.62. The molecule has 1 N–H and O–H groups in total. The quantitative estimate of drug-likeness (QED) is 0.543. The van der Waals surface area contributed by atoms with E-state index >= 15 is 0 Å². The summed E-state index contributed by atoms with van der Waals surface area (Å²) in [6, 6.07) is 6.58. The Kier molecular flexibility index (Phi) is 6.97. The summed E-state index contributed by atoms with van der Waals surface area (Å²) in [6.45, 7) is 1.10. The van der Waals surface area contributed by atoms with E-state index in [1.54, 1.807) is 6.92 Å². The summed E-state index contributed by atoms with van der Waals surface area (Å²) < 4.78 is 62.6. The lowest BCUT2D eigenvalue weighted by atomic mass is 10.1. The van der Waals surface area contributed by atoms with Crippen molar-refractivity contribution in [2.75, 3.05) is 13.2 Å². The Labute approximate surface area is 158 Å². The topological polar surface area (TPSA) is 64.6 Å². The van der Waals surface area contributed by atoms with Crippen LogP contribution in [0.5, 0.6) is 11.5 Å². The molecule has 0 aliphatic carbocycles. The molecule has 2 aromatic carbocycles. The summed E-state index contributed by atoms with van der Waals surface area (Å²) in [5.74, 6) is -1.23. The molecule has 0 radical (unpaired) electrons. The van der Waals surface area contributed by atoms with E-state index in [4.69, 9.17) is 9.47 Å². The van der Waals surface area contributed by atoms with Crippen LogP contribution >= 0.6 is 0 Å². The predicted octanol–water partition coefficient (Wildman–Crippen LogP) is 3.75. The third kappa shape index (κ3) is 5.70. The van der Waals surface area contributed by atoms with Crippen LogP contribution in [0.1, 0.15) is 28.4 Å². The van der Waals surface area contributed by atoms with Crippen LogP contribution in [-0.2, 0) is 17.5 Å². The average Bonchev–Trinajstić information content (AvgIpc) is 2.65.